The minimum atomic E-state index is 0. The fraction of sp³-hybridized carbons (Fsp3) is 0.0714. The first-order valence-electron chi connectivity index (χ1n) is 5.09. The Morgan fingerprint density at radius 1 is 0.850 bits per heavy atom. The van der Waals surface area contributed by atoms with E-state index in [9.17, 15) is 0 Å². The Hall–Kier alpha value is -0.702. The maximum Gasteiger partial charge on any atom is 4.00 e. The third-order valence-corrected chi connectivity index (χ3v) is 2.75. The molecule has 20 heavy (non-hydrogen) atoms. The third-order valence-electron chi connectivity index (χ3n) is 2.75. The van der Waals surface area contributed by atoms with Gasteiger partial charge in [0.25, 0.3) is 0 Å². The van der Waals surface area contributed by atoms with E-state index in [2.05, 4.69) is 48.3 Å². The van der Waals surface area contributed by atoms with Crippen molar-refractivity contribution in [3.63, 3.8) is 0 Å². The predicted molar refractivity (Wildman–Crippen MR) is 74.6 cm³/mol. The summed E-state index contributed by atoms with van der Waals surface area (Å²) in [7, 11) is 0. The summed E-state index contributed by atoms with van der Waals surface area (Å²) >= 11 is 0. The Morgan fingerprint density at radius 3 is 2.20 bits per heavy atom. The second-order valence-corrected chi connectivity index (χ2v) is 3.87. The van der Waals surface area contributed by atoms with Crippen LogP contribution < -0.4 is 24.8 Å². The Labute approximate surface area is 145 Å². The molecule has 4 N–H and O–H groups in total. The number of rotatable bonds is 0. The van der Waals surface area contributed by atoms with Crippen molar-refractivity contribution >= 4 is 21.7 Å². The van der Waals surface area contributed by atoms with Crippen LogP contribution in [0, 0.1) is 6.92 Å². The van der Waals surface area contributed by atoms with Crippen molar-refractivity contribution in [2.75, 3.05) is 0 Å². The molecule has 0 radical (unpaired) electrons. The zero-order valence-electron chi connectivity index (χ0n) is 10.8. The van der Waals surface area contributed by atoms with E-state index >= 15 is 0 Å². The van der Waals surface area contributed by atoms with Crippen LogP contribution >= 0.6 is 0 Å². The third kappa shape index (κ3) is 4.40. The first kappa shape index (κ1) is 24.3. The van der Waals surface area contributed by atoms with Crippen molar-refractivity contribution in [3.05, 3.63) is 66.5 Å². The number of nitrogens with two attached hydrogens (primary N) is 2. The predicted octanol–water partition coefficient (Wildman–Crippen LogP) is -0.864. The summed E-state index contributed by atoms with van der Waals surface area (Å²) in [5.74, 6) is 0. The van der Waals surface area contributed by atoms with E-state index in [1.807, 2.05) is 12.3 Å². The van der Waals surface area contributed by atoms with Crippen LogP contribution in [0.2, 0.25) is 0 Å². The van der Waals surface area contributed by atoms with Gasteiger partial charge >= 0.3 is 21.1 Å². The van der Waals surface area contributed by atoms with Crippen molar-refractivity contribution in [2.24, 2.45) is 0 Å². The second kappa shape index (κ2) is 10.1. The molecule has 1 aromatic heterocycles. The molecule has 1 heterocycles. The van der Waals surface area contributed by atoms with Crippen LogP contribution in [0.15, 0.2) is 48.7 Å². The van der Waals surface area contributed by atoms with Crippen LogP contribution in [0.4, 0.5) is 0 Å². The average molecular weight is 491 g/mol. The summed E-state index contributed by atoms with van der Waals surface area (Å²) in [4.78, 5) is 4.45. The van der Waals surface area contributed by atoms with Gasteiger partial charge in [0.05, 0.1) is 5.52 Å². The summed E-state index contributed by atoms with van der Waals surface area (Å²) in [6, 6.07) is 14.8. The van der Waals surface area contributed by atoms with Crippen molar-refractivity contribution in [1.29, 1.82) is 0 Å². The number of aromatic nitrogens is 1. The summed E-state index contributed by atoms with van der Waals surface area (Å²) < 4.78 is 0. The molecule has 0 aliphatic heterocycles. The molecule has 0 atom stereocenters. The molecule has 0 aliphatic rings. The first-order chi connectivity index (χ1) is 7.34. The average Bonchev–Trinajstić information content (AvgIpc) is 2.29. The van der Waals surface area contributed by atoms with Crippen molar-refractivity contribution in [3.8, 4) is 0 Å². The molecular weight excluding hydrogens is 476 g/mol. The molecule has 3 nitrogen and oxygen atoms in total. The largest absolute Gasteiger partial charge is 4.00 e. The number of pyridine rings is 1. The van der Waals surface area contributed by atoms with Crippen LogP contribution in [0.3, 0.4) is 0 Å². The van der Waals surface area contributed by atoms with Crippen LogP contribution in [-0.4, -0.2) is 4.98 Å². The molecule has 0 saturated carbocycles. The van der Waals surface area contributed by atoms with Crippen LogP contribution in [0.5, 0.6) is 0 Å². The van der Waals surface area contributed by atoms with Crippen LogP contribution in [0.25, 0.3) is 34.0 Å². The number of hydrogen-bond donors (Lipinski definition) is 0. The second-order valence-electron chi connectivity index (χ2n) is 3.87. The smallest absolute Gasteiger partial charge is 1.00 e. The van der Waals surface area contributed by atoms with E-state index in [1.54, 1.807) is 0 Å². The Balaban J connectivity index is -0.000000578. The molecular formula is C14H15Cl2N3Pt. The van der Waals surface area contributed by atoms with Gasteiger partial charge in [-0.15, -0.1) is 0 Å². The topological polar surface area (TPSA) is 79.9 Å². The Bertz CT molecular complexity index is 662. The van der Waals surface area contributed by atoms with Crippen LogP contribution in [0.1, 0.15) is 5.56 Å². The van der Waals surface area contributed by atoms with E-state index < -0.39 is 0 Å². The molecule has 0 fully saturated rings. The molecule has 0 spiro atoms. The quantitative estimate of drug-likeness (QED) is 0.377. The molecule has 2 aromatic carbocycles. The first-order valence-corrected chi connectivity index (χ1v) is 5.09. The van der Waals surface area contributed by atoms with Gasteiger partial charge in [0.15, 0.2) is 0 Å². The zero-order chi connectivity index (χ0) is 10.3. The van der Waals surface area contributed by atoms with Gasteiger partial charge in [0.1, 0.15) is 0 Å². The van der Waals surface area contributed by atoms with E-state index in [0.29, 0.717) is 0 Å². The monoisotopic (exact) mass is 490 g/mol. The number of halogens is 2. The van der Waals surface area contributed by atoms with E-state index in [0.717, 1.165) is 5.52 Å². The fourth-order valence-corrected chi connectivity index (χ4v) is 1.97. The van der Waals surface area contributed by atoms with E-state index in [1.165, 1.54) is 21.7 Å². The fourth-order valence-electron chi connectivity index (χ4n) is 1.97. The van der Waals surface area contributed by atoms with Crippen LogP contribution in [-0.2, 0) is 21.1 Å². The van der Waals surface area contributed by atoms with Gasteiger partial charge in [-0.1, -0.05) is 35.9 Å². The summed E-state index contributed by atoms with van der Waals surface area (Å²) in [5.41, 5.74) is 2.35. The number of benzene rings is 2. The number of fused-ring (bicyclic) bond motifs is 3. The molecule has 0 saturated heterocycles. The van der Waals surface area contributed by atoms with Crippen molar-refractivity contribution in [2.45, 2.75) is 6.92 Å². The van der Waals surface area contributed by atoms with Crippen molar-refractivity contribution < 1.29 is 45.9 Å². The minimum absolute atomic E-state index is 0. The zero-order valence-corrected chi connectivity index (χ0v) is 14.6. The number of hydrogen-bond acceptors (Lipinski definition) is 1. The maximum atomic E-state index is 4.45. The Kier molecular flexibility index (Phi) is 12.3. The molecule has 0 bridgehead atoms. The van der Waals surface area contributed by atoms with Crippen molar-refractivity contribution in [1.82, 2.24) is 4.98 Å². The summed E-state index contributed by atoms with van der Waals surface area (Å²) in [6.07, 6.45) is 1.94. The molecule has 110 valence electrons. The van der Waals surface area contributed by atoms with Gasteiger partial charge in [-0.3, -0.25) is 4.98 Å². The van der Waals surface area contributed by atoms with Gasteiger partial charge in [-0.25, -0.2) is 0 Å². The summed E-state index contributed by atoms with van der Waals surface area (Å²) in [6.45, 7) is 2.11. The maximum absolute atomic E-state index is 4.45. The SMILES string of the molecule is Cc1ccc2ncc3ccccc3c2c1.[Cl-].[Cl-].[NH2-].[NH2-].[Pt+4]. The van der Waals surface area contributed by atoms with E-state index in [-0.39, 0.29) is 58.2 Å². The van der Waals surface area contributed by atoms with Gasteiger partial charge in [-0.2, -0.15) is 0 Å². The number of nitrogens with zero attached hydrogens (tertiary/aromatic N) is 1. The van der Waals surface area contributed by atoms with Gasteiger partial charge in [-0.05, 0) is 24.4 Å². The normalized spacial score (nSPS) is 8.25. The Morgan fingerprint density at radius 2 is 1.50 bits per heavy atom. The molecule has 0 aliphatic carbocycles. The minimum Gasteiger partial charge on any atom is -1.00 e. The summed E-state index contributed by atoms with van der Waals surface area (Å²) in [5, 5.41) is 3.73. The molecule has 0 amide bonds. The van der Waals surface area contributed by atoms with E-state index in [4.69, 9.17) is 0 Å². The number of aryl methyl sites for hydroxylation is 1. The standard InChI is InChI=1S/C14H11N.2ClH.2H2N.Pt/c1-10-6-7-14-13(8-10)12-5-3-2-4-11(12)9-15-14;;;;;/h2-9H,1H3;2*1H;2*1H2;/q;;;2*-1;+4/p-2. The molecule has 3 rings (SSSR count). The molecule has 0 unspecified atom stereocenters. The molecule has 6 heteroatoms. The van der Waals surface area contributed by atoms with Gasteiger partial charge in [0, 0.05) is 17.0 Å². The van der Waals surface area contributed by atoms with Gasteiger partial charge in [0.2, 0.25) is 0 Å². The van der Waals surface area contributed by atoms with Gasteiger partial charge < -0.3 is 37.1 Å². The molecule has 3 aromatic rings.